The van der Waals surface area contributed by atoms with Gasteiger partial charge in [0.1, 0.15) is 0 Å². The lowest BCUT2D eigenvalue weighted by Gasteiger charge is -2.15. The number of anilines is 1. The summed E-state index contributed by atoms with van der Waals surface area (Å²) < 4.78 is 53.6. The molecular formula is C12H15N3O4S3. The molecule has 0 bridgehead atoms. The van der Waals surface area contributed by atoms with E-state index in [0.717, 1.165) is 0 Å². The maximum Gasteiger partial charge on any atom is 0.263 e. The average molecular weight is 361 g/mol. The van der Waals surface area contributed by atoms with Crippen molar-refractivity contribution in [1.82, 2.24) is 9.36 Å². The van der Waals surface area contributed by atoms with Crippen molar-refractivity contribution in [2.75, 3.05) is 4.72 Å². The summed E-state index contributed by atoms with van der Waals surface area (Å²) in [7, 11) is -7.54. The van der Waals surface area contributed by atoms with Gasteiger partial charge in [0.25, 0.3) is 15.2 Å². The van der Waals surface area contributed by atoms with E-state index in [1.165, 1.54) is 32.9 Å². The number of aromatic nitrogens is 2. The predicted octanol–water partition coefficient (Wildman–Crippen LogP) is 1.91. The van der Waals surface area contributed by atoms with Crippen LogP contribution < -0.4 is 4.72 Å². The molecule has 0 fully saturated rings. The number of sulfone groups is 1. The normalized spacial score (nSPS) is 13.0. The highest BCUT2D eigenvalue weighted by Crippen LogP contribution is 2.26. The Morgan fingerprint density at radius 1 is 1.05 bits per heavy atom. The molecule has 1 aromatic heterocycles. The molecule has 1 heterocycles. The second-order valence-electron chi connectivity index (χ2n) is 5.42. The van der Waals surface area contributed by atoms with Gasteiger partial charge in [-0.25, -0.2) is 16.8 Å². The smallest absolute Gasteiger partial charge is 0.253 e. The molecule has 120 valence electrons. The van der Waals surface area contributed by atoms with Crippen LogP contribution in [0.15, 0.2) is 40.4 Å². The summed E-state index contributed by atoms with van der Waals surface area (Å²) in [6.45, 7) is 4.57. The van der Waals surface area contributed by atoms with Gasteiger partial charge in [0, 0.05) is 11.5 Å². The summed E-state index contributed by atoms with van der Waals surface area (Å²) in [4.78, 5) is 3.85. The number of hydrogen-bond donors (Lipinski definition) is 1. The van der Waals surface area contributed by atoms with E-state index < -0.39 is 24.6 Å². The Morgan fingerprint density at radius 3 is 2.18 bits per heavy atom. The number of nitrogens with zero attached hydrogens (tertiary/aromatic N) is 2. The fourth-order valence-corrected chi connectivity index (χ4v) is 4.45. The second-order valence-corrected chi connectivity index (χ2v) is 10.4. The van der Waals surface area contributed by atoms with E-state index in [9.17, 15) is 16.8 Å². The van der Waals surface area contributed by atoms with Gasteiger partial charge >= 0.3 is 0 Å². The molecule has 1 aromatic carbocycles. The van der Waals surface area contributed by atoms with Gasteiger partial charge in [-0.2, -0.15) is 9.36 Å². The van der Waals surface area contributed by atoms with Crippen LogP contribution in [0.4, 0.5) is 5.13 Å². The van der Waals surface area contributed by atoms with Crippen LogP contribution in [0.3, 0.4) is 0 Å². The highest BCUT2D eigenvalue weighted by atomic mass is 32.2. The topological polar surface area (TPSA) is 106 Å². The van der Waals surface area contributed by atoms with E-state index >= 15 is 0 Å². The van der Waals surface area contributed by atoms with Gasteiger partial charge in [0.2, 0.25) is 15.0 Å². The molecule has 7 nitrogen and oxygen atoms in total. The SMILES string of the molecule is CC(C)(C)S(=O)(=O)c1nsc(NS(=O)(=O)c2ccccc2)n1. The Morgan fingerprint density at radius 2 is 1.64 bits per heavy atom. The van der Waals surface area contributed by atoms with Gasteiger partial charge in [-0.15, -0.1) is 0 Å². The number of benzene rings is 1. The summed E-state index contributed by atoms with van der Waals surface area (Å²) in [5, 5.41) is -0.470. The van der Waals surface area contributed by atoms with Gasteiger partial charge in [-0.1, -0.05) is 18.2 Å². The molecule has 0 spiro atoms. The third-order valence-corrected chi connectivity index (χ3v) is 7.23. The van der Waals surface area contributed by atoms with E-state index in [-0.39, 0.29) is 15.2 Å². The first-order chi connectivity index (χ1) is 10.0. The number of nitrogens with one attached hydrogen (secondary N) is 1. The summed E-state index contributed by atoms with van der Waals surface area (Å²) in [6.07, 6.45) is 0. The largest absolute Gasteiger partial charge is 0.263 e. The zero-order valence-corrected chi connectivity index (χ0v) is 14.6. The van der Waals surface area contributed by atoms with Crippen molar-refractivity contribution in [3.8, 4) is 0 Å². The van der Waals surface area contributed by atoms with Crippen LogP contribution in [-0.4, -0.2) is 30.9 Å². The molecule has 0 amide bonds. The molecule has 2 aromatic rings. The molecule has 22 heavy (non-hydrogen) atoms. The molecule has 0 aliphatic rings. The minimum Gasteiger partial charge on any atom is -0.253 e. The van der Waals surface area contributed by atoms with Gasteiger partial charge in [0.15, 0.2) is 0 Å². The molecule has 2 rings (SSSR count). The Kier molecular flexibility index (Phi) is 4.28. The van der Waals surface area contributed by atoms with Crippen LogP contribution >= 0.6 is 11.5 Å². The van der Waals surface area contributed by atoms with Crippen LogP contribution in [0, 0.1) is 0 Å². The van der Waals surface area contributed by atoms with Crippen LogP contribution in [-0.2, 0) is 19.9 Å². The number of rotatable bonds is 4. The zero-order chi connectivity index (χ0) is 16.6. The maximum absolute atomic E-state index is 12.2. The van der Waals surface area contributed by atoms with E-state index in [1.54, 1.807) is 18.2 Å². The van der Waals surface area contributed by atoms with E-state index in [0.29, 0.717) is 11.5 Å². The Balaban J connectivity index is 2.31. The molecule has 0 aliphatic carbocycles. The molecule has 0 saturated heterocycles. The van der Waals surface area contributed by atoms with Crippen LogP contribution in [0.1, 0.15) is 20.8 Å². The van der Waals surface area contributed by atoms with Crippen molar-refractivity contribution in [2.45, 2.75) is 35.6 Å². The number of hydrogen-bond acceptors (Lipinski definition) is 7. The van der Waals surface area contributed by atoms with Crippen molar-refractivity contribution in [2.24, 2.45) is 0 Å². The molecule has 1 N–H and O–H groups in total. The zero-order valence-electron chi connectivity index (χ0n) is 12.1. The standard InChI is InChI=1S/C12H15N3O4S3/c1-12(2,3)21(16,17)11-13-10(20-14-11)15-22(18,19)9-7-5-4-6-8-9/h4-8H,1-3H3,(H,13,14,15). The van der Waals surface area contributed by atoms with Crippen molar-refractivity contribution < 1.29 is 16.8 Å². The van der Waals surface area contributed by atoms with Crippen LogP contribution in [0.5, 0.6) is 0 Å². The minimum atomic E-state index is -3.82. The lowest BCUT2D eigenvalue weighted by molar-refractivity contribution is 0.553. The van der Waals surface area contributed by atoms with Crippen molar-refractivity contribution in [1.29, 1.82) is 0 Å². The molecule has 0 radical (unpaired) electrons. The van der Waals surface area contributed by atoms with Crippen LogP contribution in [0.25, 0.3) is 0 Å². The van der Waals surface area contributed by atoms with Gasteiger partial charge in [-0.3, -0.25) is 4.72 Å². The monoisotopic (exact) mass is 361 g/mol. The first-order valence-electron chi connectivity index (χ1n) is 6.20. The molecule has 0 unspecified atom stereocenters. The first-order valence-corrected chi connectivity index (χ1v) is 9.94. The highest BCUT2D eigenvalue weighted by molar-refractivity contribution is 7.93. The van der Waals surface area contributed by atoms with E-state index in [2.05, 4.69) is 14.1 Å². The Hall–Kier alpha value is -1.52. The number of sulfonamides is 1. The quantitative estimate of drug-likeness (QED) is 0.891. The van der Waals surface area contributed by atoms with Gasteiger partial charge in [0.05, 0.1) is 9.64 Å². The highest BCUT2D eigenvalue weighted by Gasteiger charge is 2.35. The Labute approximate surface area is 133 Å². The predicted molar refractivity (Wildman–Crippen MR) is 84.1 cm³/mol. The Bertz CT molecular complexity index is 866. The maximum atomic E-state index is 12.2. The average Bonchev–Trinajstić information content (AvgIpc) is 2.87. The molecular weight excluding hydrogens is 346 g/mol. The summed E-state index contributed by atoms with van der Waals surface area (Å²) in [6, 6.07) is 7.72. The molecule has 10 heteroatoms. The van der Waals surface area contributed by atoms with Gasteiger partial charge < -0.3 is 0 Å². The van der Waals surface area contributed by atoms with Gasteiger partial charge in [-0.05, 0) is 32.9 Å². The summed E-state index contributed by atoms with van der Waals surface area (Å²) >= 11 is 0.684. The molecule has 0 aliphatic heterocycles. The van der Waals surface area contributed by atoms with Crippen molar-refractivity contribution in [3.63, 3.8) is 0 Å². The minimum absolute atomic E-state index is 0.0606. The van der Waals surface area contributed by atoms with E-state index in [1.807, 2.05) is 0 Å². The fourth-order valence-electron chi connectivity index (χ4n) is 1.41. The molecule has 0 saturated carbocycles. The molecule has 0 atom stereocenters. The first kappa shape index (κ1) is 16.8. The third-order valence-electron chi connectivity index (χ3n) is 2.73. The van der Waals surface area contributed by atoms with Crippen molar-refractivity contribution >= 4 is 36.5 Å². The summed E-state index contributed by atoms with van der Waals surface area (Å²) in [5.74, 6) is 0. The second kappa shape index (κ2) is 5.60. The van der Waals surface area contributed by atoms with Crippen LogP contribution in [0.2, 0.25) is 0 Å². The fraction of sp³-hybridized carbons (Fsp3) is 0.333. The summed E-state index contributed by atoms with van der Waals surface area (Å²) in [5.41, 5.74) is 0. The third kappa shape index (κ3) is 3.28. The lowest BCUT2D eigenvalue weighted by Crippen LogP contribution is -2.28. The van der Waals surface area contributed by atoms with Crippen molar-refractivity contribution in [3.05, 3.63) is 30.3 Å². The van der Waals surface area contributed by atoms with E-state index in [4.69, 9.17) is 0 Å². The lowest BCUT2D eigenvalue weighted by atomic mass is 10.3.